The number of cyclic esters (lactones) is 1. The first-order valence-electron chi connectivity index (χ1n) is 26.8. The largest absolute Gasteiger partial charge is 0.492 e. The number of aliphatic hydroxyl groups is 3. The van der Waals surface area contributed by atoms with Gasteiger partial charge < -0.3 is 78.3 Å². The number of methoxy groups -OCH3 is 2. The van der Waals surface area contributed by atoms with E-state index in [2.05, 4.69) is 5.32 Å². The molecule has 5 rings (SSSR count). The van der Waals surface area contributed by atoms with Crippen LogP contribution in [-0.2, 0) is 52.3 Å². The van der Waals surface area contributed by atoms with Gasteiger partial charge in [0.15, 0.2) is 18.7 Å². The highest BCUT2D eigenvalue weighted by molar-refractivity contribution is 5.93. The van der Waals surface area contributed by atoms with E-state index in [0.29, 0.717) is 24.2 Å². The Bertz CT molecular complexity index is 2400. The lowest BCUT2D eigenvalue weighted by Gasteiger charge is -2.50. The number of benzene rings is 1. The Kier molecular flexibility index (Phi) is 21.7. The number of carboxylic acids is 1. The fourth-order valence-electron chi connectivity index (χ4n) is 11.4. The van der Waals surface area contributed by atoms with Crippen molar-refractivity contribution in [3.63, 3.8) is 0 Å². The number of carboxylic acid groups (broad SMARTS) is 1. The fourth-order valence-corrected chi connectivity index (χ4v) is 11.4. The molecule has 0 bridgehead atoms. The second-order valence-corrected chi connectivity index (χ2v) is 22.5. The van der Waals surface area contributed by atoms with Gasteiger partial charge in [-0.25, -0.2) is 4.79 Å². The van der Waals surface area contributed by atoms with Crippen LogP contribution in [0.4, 0.5) is 0 Å². The summed E-state index contributed by atoms with van der Waals surface area (Å²) in [5.41, 5.74) is -5.03. The Morgan fingerprint density at radius 2 is 1.53 bits per heavy atom. The number of aliphatic hydroxyl groups excluding tert-OH is 2. The fraction of sp³-hybridized carbons (Fsp3) is 0.764. The molecule has 0 unspecified atom stereocenters. The van der Waals surface area contributed by atoms with Crippen molar-refractivity contribution in [1.82, 2.24) is 14.9 Å². The number of nitrogens with zero attached hydrogens (tertiary/aromatic N) is 3. The van der Waals surface area contributed by atoms with E-state index < -0.39 is 119 Å². The zero-order valence-corrected chi connectivity index (χ0v) is 48.0. The van der Waals surface area contributed by atoms with Crippen LogP contribution in [0.2, 0.25) is 0 Å². The van der Waals surface area contributed by atoms with Gasteiger partial charge in [0.2, 0.25) is 5.43 Å². The van der Waals surface area contributed by atoms with Crippen molar-refractivity contribution in [1.29, 1.82) is 0 Å². The highest BCUT2D eigenvalue weighted by atomic mass is 16.7. The highest BCUT2D eigenvalue weighted by Gasteiger charge is 2.55. The molecule has 436 valence electrons. The summed E-state index contributed by atoms with van der Waals surface area (Å²) in [6.45, 7) is 17.7. The smallest absolute Gasteiger partial charge is 0.341 e. The number of carbonyl (C=O) groups is 4. The molecule has 3 aliphatic rings. The van der Waals surface area contributed by atoms with Gasteiger partial charge in [-0.1, -0.05) is 27.7 Å². The van der Waals surface area contributed by atoms with Crippen LogP contribution >= 0.6 is 0 Å². The molecule has 22 nitrogen and oxygen atoms in total. The Balaban J connectivity index is 1.35. The van der Waals surface area contributed by atoms with E-state index in [9.17, 15) is 44.4 Å². The first-order chi connectivity index (χ1) is 36.0. The number of ether oxygens (including phenoxy) is 9. The summed E-state index contributed by atoms with van der Waals surface area (Å²) >= 11 is 0. The molecular weight excluding hydrogens is 1000 g/mol. The molecule has 22 heteroatoms. The summed E-state index contributed by atoms with van der Waals surface area (Å²) in [7, 11) is 10.1. The number of aromatic carboxylic acids is 1. The van der Waals surface area contributed by atoms with Gasteiger partial charge in [0.05, 0.1) is 54.0 Å². The van der Waals surface area contributed by atoms with Crippen LogP contribution in [0.1, 0.15) is 112 Å². The quantitative estimate of drug-likeness (QED) is 0.106. The second-order valence-electron chi connectivity index (χ2n) is 22.5. The summed E-state index contributed by atoms with van der Waals surface area (Å²) in [5.74, 6) is -6.27. The molecule has 2 aromatic rings. The number of hydrogen-bond donors (Lipinski definition) is 5. The van der Waals surface area contributed by atoms with E-state index in [-0.39, 0.29) is 67.7 Å². The van der Waals surface area contributed by atoms with Gasteiger partial charge >= 0.3 is 17.9 Å². The van der Waals surface area contributed by atoms with Crippen LogP contribution in [-0.4, -0.2) is 200 Å². The predicted octanol–water partition coefficient (Wildman–Crippen LogP) is 3.26. The number of pyridine rings is 1. The van der Waals surface area contributed by atoms with Crippen LogP contribution in [0.3, 0.4) is 0 Å². The van der Waals surface area contributed by atoms with Gasteiger partial charge in [0.1, 0.15) is 47.1 Å². The molecule has 77 heavy (non-hydrogen) atoms. The number of ketones is 1. The summed E-state index contributed by atoms with van der Waals surface area (Å²) < 4.78 is 58.7. The third kappa shape index (κ3) is 14.4. The third-order valence-corrected chi connectivity index (χ3v) is 16.2. The lowest BCUT2D eigenvalue weighted by Crippen LogP contribution is -2.61. The maximum absolute atomic E-state index is 14.6. The molecule has 0 saturated carbocycles. The summed E-state index contributed by atoms with van der Waals surface area (Å²) in [4.78, 5) is 68.7. The Morgan fingerprint density at radius 1 is 0.883 bits per heavy atom. The van der Waals surface area contributed by atoms with Gasteiger partial charge in [-0.15, -0.1) is 0 Å². The number of Topliss-reactive ketones (excluding diaryl/α,β-unsaturated/α-hetero) is 1. The molecule has 5 N–H and O–H groups in total. The first kappa shape index (κ1) is 63.5. The van der Waals surface area contributed by atoms with Crippen molar-refractivity contribution in [2.75, 3.05) is 67.1 Å². The second kappa shape index (κ2) is 26.3. The van der Waals surface area contributed by atoms with E-state index in [1.807, 2.05) is 32.8 Å². The van der Waals surface area contributed by atoms with Crippen molar-refractivity contribution in [3.8, 4) is 5.75 Å². The van der Waals surface area contributed by atoms with Gasteiger partial charge in [0.25, 0.3) is 0 Å². The number of likely N-dealkylation sites (N-methyl/N-ethyl adjacent to an activating group) is 1. The van der Waals surface area contributed by atoms with Crippen molar-refractivity contribution in [3.05, 3.63) is 40.2 Å². The Morgan fingerprint density at radius 3 is 2.13 bits per heavy atom. The first-order valence-corrected chi connectivity index (χ1v) is 26.8. The zero-order chi connectivity index (χ0) is 57.6. The van der Waals surface area contributed by atoms with E-state index in [1.165, 1.54) is 40.3 Å². The molecule has 3 fully saturated rings. The SMILES string of the molecule is CC[C@H]1OC(=O)[C@H](C)[C@@H](O[C@H]2C[C@@](C)(OC)[C@@H](OC(=O)CCNCCOc3ccc4c(=O)c(C(=O)O)cn(N(C)C)c4c3)[C@H](C)O2)[C@H](C)[C@@H](O[C@@H]2O[C@H](C)C[C@H](N(C)C)[C@H]2O)[C@](C)(OC)C[C@@H](C)C(=O)[C@@H](C)[C@@H](O)[C@]1(C)O. The monoisotopic (exact) mass is 1090 g/mol. The summed E-state index contributed by atoms with van der Waals surface area (Å²) in [5, 5.41) is 49.8. The number of esters is 2. The average Bonchev–Trinajstić information content (AvgIpc) is 3.37. The number of rotatable bonds is 18. The standard InChI is InChI=1S/C55H88N4O18/c1-17-40-55(10,68)47(64)31(4)43(61)29(2)26-53(8,69-15)48(77-52-45(63)39(57(11)12)24-30(3)72-52)32(5)46(33(6)51(67)74-40)76-42-27-54(9,70-16)49(34(7)73-42)75-41(60)20-21-56-22-23-71-35-18-19-36-38(25-35)59(58(13)14)28-37(44(36)62)50(65)66/h18-19,25,28-34,39-40,42,45-49,52,56,63-64,68H,17,20-24,26-27H2,1-16H3,(H,65,66)/t29-,30-,31-,32+,33-,34+,39+,40-,42+,45-,46+,47-,48-,49+,52+,53-,54-,55-/m1/s1. The van der Waals surface area contributed by atoms with Gasteiger partial charge in [-0.05, 0) is 87.0 Å². The molecule has 3 aliphatic heterocycles. The van der Waals surface area contributed by atoms with E-state index in [1.54, 1.807) is 77.5 Å². The predicted molar refractivity (Wildman–Crippen MR) is 283 cm³/mol. The number of hydrogen-bond acceptors (Lipinski definition) is 20. The Hall–Kier alpha value is -4.33. The third-order valence-electron chi connectivity index (χ3n) is 16.2. The Labute approximate surface area is 452 Å². The van der Waals surface area contributed by atoms with Gasteiger partial charge in [0, 0.05) is 89.3 Å². The molecule has 0 spiro atoms. The minimum absolute atomic E-state index is 0.0158. The van der Waals surface area contributed by atoms with Gasteiger partial charge in [-0.3, -0.25) is 23.9 Å². The number of carbonyl (C=O) groups excluding carboxylic acids is 3. The topological polar surface area (TPSA) is 273 Å². The molecule has 4 heterocycles. The average molecular weight is 1090 g/mol. The van der Waals surface area contributed by atoms with Crippen LogP contribution < -0.4 is 20.5 Å². The van der Waals surface area contributed by atoms with Crippen LogP contribution in [0.15, 0.2) is 29.2 Å². The maximum Gasteiger partial charge on any atom is 0.341 e. The van der Waals surface area contributed by atoms with Crippen molar-refractivity contribution in [2.24, 2.45) is 23.7 Å². The van der Waals surface area contributed by atoms with Crippen LogP contribution in [0, 0.1) is 23.7 Å². The molecule has 3 saturated heterocycles. The highest BCUT2D eigenvalue weighted by Crippen LogP contribution is 2.42. The lowest BCUT2D eigenvalue weighted by molar-refractivity contribution is -0.320. The van der Waals surface area contributed by atoms with E-state index in [4.69, 9.17) is 42.6 Å². The van der Waals surface area contributed by atoms with Crippen molar-refractivity contribution in [2.45, 2.75) is 186 Å². The maximum atomic E-state index is 14.6. The lowest BCUT2D eigenvalue weighted by atomic mass is 9.74. The van der Waals surface area contributed by atoms with Crippen molar-refractivity contribution >= 4 is 34.6 Å². The molecule has 1 aromatic carbocycles. The number of nitrogens with one attached hydrogen (secondary N) is 1. The minimum atomic E-state index is -2.03. The molecule has 1 aromatic heterocycles. The molecule has 0 aliphatic carbocycles. The summed E-state index contributed by atoms with van der Waals surface area (Å²) in [6, 6.07) is 4.43. The normalized spacial score (nSPS) is 36.8. The van der Waals surface area contributed by atoms with Gasteiger partial charge in [-0.2, -0.15) is 0 Å². The molecular formula is C55H88N4O18. The molecule has 0 radical (unpaired) electrons. The van der Waals surface area contributed by atoms with E-state index >= 15 is 0 Å². The van der Waals surface area contributed by atoms with E-state index in [0.717, 1.165) is 0 Å². The molecule has 18 atom stereocenters. The number of aromatic nitrogens is 1. The molecule has 0 amide bonds. The zero-order valence-electron chi connectivity index (χ0n) is 48.0. The van der Waals surface area contributed by atoms with Crippen LogP contribution in [0.25, 0.3) is 10.9 Å². The number of fused-ring (bicyclic) bond motifs is 1. The van der Waals surface area contributed by atoms with Crippen molar-refractivity contribution < 1.29 is 82.2 Å². The summed E-state index contributed by atoms with van der Waals surface area (Å²) in [6.07, 6.45) is -8.47. The van der Waals surface area contributed by atoms with Crippen LogP contribution in [0.5, 0.6) is 5.75 Å². The minimum Gasteiger partial charge on any atom is -0.492 e.